The van der Waals surface area contributed by atoms with E-state index in [9.17, 15) is 4.79 Å². The number of aromatic nitrogens is 3. The van der Waals surface area contributed by atoms with Gasteiger partial charge in [0.1, 0.15) is 23.0 Å². The zero-order valence-corrected chi connectivity index (χ0v) is 18.4. The molecule has 32 heavy (non-hydrogen) atoms. The first-order valence-corrected chi connectivity index (χ1v) is 10.6. The molecule has 0 spiro atoms. The van der Waals surface area contributed by atoms with Crippen LogP contribution in [-0.2, 0) is 13.0 Å². The van der Waals surface area contributed by atoms with Crippen LogP contribution in [0.5, 0.6) is 5.75 Å². The van der Waals surface area contributed by atoms with Crippen molar-refractivity contribution in [1.82, 2.24) is 25.8 Å². The van der Waals surface area contributed by atoms with Gasteiger partial charge in [0.05, 0.1) is 30.7 Å². The molecule has 166 valence electrons. The Morgan fingerprint density at radius 1 is 1.16 bits per heavy atom. The number of nitrogens with zero attached hydrogens (tertiary/aromatic N) is 2. The van der Waals surface area contributed by atoms with E-state index in [1.807, 2.05) is 68.4 Å². The number of imidazole rings is 1. The molecule has 2 aromatic carbocycles. The summed E-state index contributed by atoms with van der Waals surface area (Å²) in [6.45, 7) is 4.33. The highest BCUT2D eigenvalue weighted by atomic mass is 16.5. The number of ether oxygens (including phenoxy) is 1. The Morgan fingerprint density at radius 3 is 2.62 bits per heavy atom. The van der Waals surface area contributed by atoms with Crippen LogP contribution in [0.15, 0.2) is 59.1 Å². The van der Waals surface area contributed by atoms with Gasteiger partial charge in [-0.25, -0.2) is 9.78 Å². The highest BCUT2D eigenvalue weighted by molar-refractivity contribution is 5.76. The predicted molar refractivity (Wildman–Crippen MR) is 121 cm³/mol. The van der Waals surface area contributed by atoms with E-state index in [0.29, 0.717) is 17.9 Å². The Morgan fingerprint density at radius 2 is 1.94 bits per heavy atom. The number of amides is 2. The van der Waals surface area contributed by atoms with Crippen LogP contribution in [0.1, 0.15) is 48.6 Å². The van der Waals surface area contributed by atoms with Crippen molar-refractivity contribution < 1.29 is 14.1 Å². The molecular weight excluding hydrogens is 406 g/mol. The summed E-state index contributed by atoms with van der Waals surface area (Å²) in [5, 5.41) is 9.90. The standard InChI is InChI=1S/C24H27N5O3/c1-15(2)22-13-17(29-32-22)14-25-24(30)28-21(12-16-8-10-18(31-3)11-9-16)23-26-19-6-4-5-7-20(19)27-23/h4-11,13,15,21H,12,14H2,1-3H3,(H,26,27)(H2,25,28,30). The Bertz CT molecular complexity index is 1150. The van der Waals surface area contributed by atoms with E-state index in [1.54, 1.807) is 7.11 Å². The fraction of sp³-hybridized carbons (Fsp3) is 0.292. The van der Waals surface area contributed by atoms with E-state index in [4.69, 9.17) is 9.26 Å². The van der Waals surface area contributed by atoms with E-state index in [-0.39, 0.29) is 24.5 Å². The maximum atomic E-state index is 12.7. The molecule has 0 aliphatic heterocycles. The molecule has 4 aromatic rings. The molecule has 2 amide bonds. The van der Waals surface area contributed by atoms with Crippen LogP contribution in [0.4, 0.5) is 4.79 Å². The lowest BCUT2D eigenvalue weighted by molar-refractivity contribution is 0.235. The topological polar surface area (TPSA) is 105 Å². The number of para-hydroxylation sites is 2. The number of urea groups is 1. The summed E-state index contributed by atoms with van der Waals surface area (Å²) in [5.41, 5.74) is 3.51. The third kappa shape index (κ3) is 5.08. The first kappa shape index (κ1) is 21.4. The highest BCUT2D eigenvalue weighted by Gasteiger charge is 2.19. The van der Waals surface area contributed by atoms with Crippen LogP contribution in [0.2, 0.25) is 0 Å². The summed E-state index contributed by atoms with van der Waals surface area (Å²) in [5.74, 6) is 2.52. The quantitative estimate of drug-likeness (QED) is 0.380. The molecule has 0 aliphatic rings. The van der Waals surface area contributed by atoms with Gasteiger partial charge in [-0.05, 0) is 36.2 Å². The van der Waals surface area contributed by atoms with Gasteiger partial charge in [-0.3, -0.25) is 0 Å². The van der Waals surface area contributed by atoms with Crippen molar-refractivity contribution in [3.05, 3.63) is 77.4 Å². The number of aromatic amines is 1. The summed E-state index contributed by atoms with van der Waals surface area (Å²) in [7, 11) is 1.64. The van der Waals surface area contributed by atoms with Gasteiger partial charge in [-0.15, -0.1) is 0 Å². The molecule has 1 atom stereocenters. The lowest BCUT2D eigenvalue weighted by Crippen LogP contribution is -2.38. The van der Waals surface area contributed by atoms with Gasteiger partial charge in [0.15, 0.2) is 0 Å². The number of methoxy groups -OCH3 is 1. The third-order valence-electron chi connectivity index (χ3n) is 5.22. The van der Waals surface area contributed by atoms with Gasteiger partial charge in [0, 0.05) is 12.0 Å². The summed E-state index contributed by atoms with van der Waals surface area (Å²) < 4.78 is 10.5. The van der Waals surface area contributed by atoms with Crippen molar-refractivity contribution in [1.29, 1.82) is 0 Å². The molecule has 0 radical (unpaired) electrons. The number of H-pyrrole nitrogens is 1. The molecule has 0 fully saturated rings. The monoisotopic (exact) mass is 433 g/mol. The molecule has 1 unspecified atom stereocenters. The van der Waals surface area contributed by atoms with Crippen LogP contribution < -0.4 is 15.4 Å². The molecule has 0 bridgehead atoms. The van der Waals surface area contributed by atoms with Crippen LogP contribution in [0, 0.1) is 0 Å². The largest absolute Gasteiger partial charge is 0.497 e. The highest BCUT2D eigenvalue weighted by Crippen LogP contribution is 2.21. The zero-order chi connectivity index (χ0) is 22.5. The molecule has 2 aromatic heterocycles. The van der Waals surface area contributed by atoms with Crippen molar-refractivity contribution in [3.8, 4) is 5.75 Å². The normalized spacial score (nSPS) is 12.1. The fourth-order valence-electron chi connectivity index (χ4n) is 3.41. The molecule has 2 heterocycles. The average Bonchev–Trinajstić information content (AvgIpc) is 3.45. The first-order chi connectivity index (χ1) is 15.5. The first-order valence-electron chi connectivity index (χ1n) is 10.6. The molecule has 8 nitrogen and oxygen atoms in total. The van der Waals surface area contributed by atoms with E-state index in [2.05, 4.69) is 25.8 Å². The van der Waals surface area contributed by atoms with Crippen molar-refractivity contribution in [2.24, 2.45) is 0 Å². The van der Waals surface area contributed by atoms with Gasteiger partial charge < -0.3 is 24.9 Å². The number of rotatable bonds is 8. The van der Waals surface area contributed by atoms with E-state index < -0.39 is 0 Å². The van der Waals surface area contributed by atoms with Crippen molar-refractivity contribution >= 4 is 17.1 Å². The number of hydrogen-bond donors (Lipinski definition) is 3. The molecule has 3 N–H and O–H groups in total. The maximum absolute atomic E-state index is 12.7. The van der Waals surface area contributed by atoms with Crippen LogP contribution in [0.25, 0.3) is 11.0 Å². The average molecular weight is 434 g/mol. The minimum absolute atomic E-state index is 0.243. The Kier molecular flexibility index (Phi) is 6.39. The summed E-state index contributed by atoms with van der Waals surface area (Å²) in [6.07, 6.45) is 0.568. The van der Waals surface area contributed by atoms with Crippen molar-refractivity contribution in [2.45, 2.75) is 38.8 Å². The van der Waals surface area contributed by atoms with Crippen molar-refractivity contribution in [3.63, 3.8) is 0 Å². The molecular formula is C24H27N5O3. The van der Waals surface area contributed by atoms with E-state index >= 15 is 0 Å². The Hall–Kier alpha value is -3.81. The number of carbonyl (C=O) groups is 1. The SMILES string of the molecule is COc1ccc(CC(NC(=O)NCc2cc(C(C)C)on2)c2nc3ccccc3[nH]2)cc1. The van der Waals surface area contributed by atoms with Gasteiger partial charge in [0.2, 0.25) is 0 Å². The number of hydrogen-bond acceptors (Lipinski definition) is 5. The minimum Gasteiger partial charge on any atom is -0.497 e. The lowest BCUT2D eigenvalue weighted by Gasteiger charge is -2.17. The second-order valence-corrected chi connectivity index (χ2v) is 7.95. The number of nitrogens with one attached hydrogen (secondary N) is 3. The minimum atomic E-state index is -0.348. The Labute approximate surface area is 186 Å². The summed E-state index contributed by atoms with van der Waals surface area (Å²) in [6, 6.07) is 16.8. The lowest BCUT2D eigenvalue weighted by atomic mass is 10.1. The van der Waals surface area contributed by atoms with Crippen molar-refractivity contribution in [2.75, 3.05) is 7.11 Å². The third-order valence-corrected chi connectivity index (χ3v) is 5.22. The second kappa shape index (κ2) is 9.55. The fourth-order valence-corrected chi connectivity index (χ4v) is 3.41. The van der Waals surface area contributed by atoms with Gasteiger partial charge in [0.25, 0.3) is 0 Å². The smallest absolute Gasteiger partial charge is 0.315 e. The molecule has 8 heteroatoms. The summed E-state index contributed by atoms with van der Waals surface area (Å²) >= 11 is 0. The van der Waals surface area contributed by atoms with Crippen LogP contribution in [0.3, 0.4) is 0 Å². The zero-order valence-electron chi connectivity index (χ0n) is 18.4. The number of carbonyl (C=O) groups excluding carboxylic acids is 1. The maximum Gasteiger partial charge on any atom is 0.315 e. The summed E-state index contributed by atoms with van der Waals surface area (Å²) in [4.78, 5) is 20.7. The number of benzene rings is 2. The van der Waals surface area contributed by atoms with Gasteiger partial charge in [-0.1, -0.05) is 43.3 Å². The Balaban J connectivity index is 1.48. The van der Waals surface area contributed by atoms with Gasteiger partial charge >= 0.3 is 6.03 Å². The molecule has 4 rings (SSSR count). The molecule has 0 saturated carbocycles. The van der Waals surface area contributed by atoms with E-state index in [0.717, 1.165) is 28.1 Å². The van der Waals surface area contributed by atoms with Crippen LogP contribution >= 0.6 is 0 Å². The van der Waals surface area contributed by atoms with Gasteiger partial charge in [-0.2, -0.15) is 0 Å². The molecule has 0 saturated heterocycles. The van der Waals surface area contributed by atoms with E-state index in [1.165, 1.54) is 0 Å². The number of fused-ring (bicyclic) bond motifs is 1. The second-order valence-electron chi connectivity index (χ2n) is 7.95. The predicted octanol–water partition coefficient (Wildman–Crippen LogP) is 4.47. The van der Waals surface area contributed by atoms with Crippen LogP contribution in [-0.4, -0.2) is 28.3 Å². The molecule has 0 aliphatic carbocycles.